The fourth-order valence-electron chi connectivity index (χ4n) is 3.77. The molecule has 4 heteroatoms. The van der Waals surface area contributed by atoms with E-state index in [1.165, 1.54) is 25.7 Å². The number of H-pyrrole nitrogens is 1. The van der Waals surface area contributed by atoms with E-state index in [1.54, 1.807) is 12.1 Å². The molecular formula is C16H22N2O2. The number of nitrogens with zero attached hydrogens (tertiary/aromatic N) is 1. The molecular weight excluding hydrogens is 252 g/mol. The van der Waals surface area contributed by atoms with Gasteiger partial charge in [-0.1, -0.05) is 12.8 Å². The Labute approximate surface area is 119 Å². The van der Waals surface area contributed by atoms with Crippen molar-refractivity contribution in [2.75, 3.05) is 6.54 Å². The van der Waals surface area contributed by atoms with Gasteiger partial charge in [-0.15, -0.1) is 0 Å². The summed E-state index contributed by atoms with van der Waals surface area (Å²) in [5, 5.41) is 0. The van der Waals surface area contributed by atoms with Crippen LogP contribution in [0.15, 0.2) is 16.9 Å². The van der Waals surface area contributed by atoms with Gasteiger partial charge >= 0.3 is 0 Å². The van der Waals surface area contributed by atoms with E-state index in [0.717, 1.165) is 25.1 Å². The molecule has 1 saturated carbocycles. The summed E-state index contributed by atoms with van der Waals surface area (Å²) in [5.41, 5.74) is 0.829. The van der Waals surface area contributed by atoms with Gasteiger partial charge in [0.2, 0.25) is 0 Å². The Balaban J connectivity index is 1.87. The maximum absolute atomic E-state index is 12.7. The average Bonchev–Trinajstić information content (AvgIpc) is 2.46. The minimum atomic E-state index is -0.257. The Morgan fingerprint density at radius 2 is 1.95 bits per heavy atom. The van der Waals surface area contributed by atoms with Gasteiger partial charge < -0.3 is 9.88 Å². The molecule has 1 aromatic heterocycles. The minimum Gasteiger partial charge on any atom is -0.335 e. The van der Waals surface area contributed by atoms with Gasteiger partial charge in [0, 0.05) is 18.3 Å². The summed E-state index contributed by atoms with van der Waals surface area (Å²) in [6.07, 6.45) is 7.12. The molecule has 0 aromatic carbocycles. The number of hydrogen-bond acceptors (Lipinski definition) is 2. The second-order valence-electron chi connectivity index (χ2n) is 6.14. The number of aromatic nitrogens is 1. The fourth-order valence-corrected chi connectivity index (χ4v) is 3.77. The Morgan fingerprint density at radius 1 is 1.20 bits per heavy atom. The molecule has 108 valence electrons. The number of fused-ring (bicyclic) bond motifs is 1. The van der Waals surface area contributed by atoms with Crippen LogP contribution in [-0.4, -0.2) is 28.4 Å². The van der Waals surface area contributed by atoms with Gasteiger partial charge in [-0.3, -0.25) is 9.59 Å². The van der Waals surface area contributed by atoms with E-state index < -0.39 is 0 Å². The number of likely N-dealkylation sites (tertiary alicyclic amines) is 1. The minimum absolute atomic E-state index is 0.0807. The molecule has 2 fully saturated rings. The summed E-state index contributed by atoms with van der Waals surface area (Å²) >= 11 is 0. The molecule has 1 saturated heterocycles. The van der Waals surface area contributed by atoms with E-state index in [0.29, 0.717) is 17.5 Å². The molecule has 0 unspecified atom stereocenters. The molecule has 1 N–H and O–H groups in total. The summed E-state index contributed by atoms with van der Waals surface area (Å²) in [6, 6.07) is 3.82. The van der Waals surface area contributed by atoms with Crippen LogP contribution in [0.5, 0.6) is 0 Å². The molecule has 0 spiro atoms. The third kappa shape index (κ3) is 2.39. The lowest BCUT2D eigenvalue weighted by molar-refractivity contribution is 0.0389. The first-order chi connectivity index (χ1) is 9.66. The Hall–Kier alpha value is -1.58. The van der Waals surface area contributed by atoms with E-state index in [4.69, 9.17) is 0 Å². The lowest BCUT2D eigenvalue weighted by atomic mass is 9.78. The van der Waals surface area contributed by atoms with Crippen LogP contribution in [0.2, 0.25) is 0 Å². The summed E-state index contributed by atoms with van der Waals surface area (Å²) in [7, 11) is 0. The SMILES string of the molecule is Cc1ccc(C(=O)N2CCC[C@H]3CCCC[C@H]32)c(=O)[nH]1. The predicted octanol–water partition coefficient (Wildman–Crippen LogP) is 2.48. The van der Waals surface area contributed by atoms with Gasteiger partial charge in [0.05, 0.1) is 0 Å². The normalized spacial score (nSPS) is 26.1. The highest BCUT2D eigenvalue weighted by Gasteiger charge is 2.36. The molecule has 2 aliphatic rings. The first kappa shape index (κ1) is 13.4. The first-order valence-corrected chi connectivity index (χ1v) is 7.68. The van der Waals surface area contributed by atoms with Crippen molar-refractivity contribution in [1.29, 1.82) is 0 Å². The number of amides is 1. The summed E-state index contributed by atoms with van der Waals surface area (Å²) in [5.74, 6) is 0.564. The van der Waals surface area contributed by atoms with Crippen molar-refractivity contribution in [3.05, 3.63) is 33.7 Å². The van der Waals surface area contributed by atoms with Crippen molar-refractivity contribution in [1.82, 2.24) is 9.88 Å². The standard InChI is InChI=1S/C16H22N2O2/c1-11-8-9-13(15(19)17-11)16(20)18-10-4-6-12-5-2-3-7-14(12)18/h8-9,12,14H,2-7,10H2,1H3,(H,17,19)/t12-,14-/m1/s1. The summed E-state index contributed by atoms with van der Waals surface area (Å²) in [6.45, 7) is 2.63. The molecule has 2 heterocycles. The van der Waals surface area contributed by atoms with Crippen LogP contribution in [0.3, 0.4) is 0 Å². The molecule has 0 bridgehead atoms. The second-order valence-corrected chi connectivity index (χ2v) is 6.14. The van der Waals surface area contributed by atoms with Gasteiger partial charge in [-0.25, -0.2) is 0 Å². The third-order valence-corrected chi connectivity index (χ3v) is 4.79. The third-order valence-electron chi connectivity index (χ3n) is 4.79. The van der Waals surface area contributed by atoms with Gasteiger partial charge in [0.25, 0.3) is 11.5 Å². The van der Waals surface area contributed by atoms with Crippen molar-refractivity contribution in [3.63, 3.8) is 0 Å². The monoisotopic (exact) mass is 274 g/mol. The highest BCUT2D eigenvalue weighted by Crippen LogP contribution is 2.35. The fraction of sp³-hybridized carbons (Fsp3) is 0.625. The van der Waals surface area contributed by atoms with Crippen molar-refractivity contribution < 1.29 is 4.79 Å². The molecule has 2 atom stereocenters. The molecule has 3 rings (SSSR count). The predicted molar refractivity (Wildman–Crippen MR) is 77.8 cm³/mol. The number of rotatable bonds is 1. The molecule has 4 nitrogen and oxygen atoms in total. The highest BCUT2D eigenvalue weighted by atomic mass is 16.2. The largest absolute Gasteiger partial charge is 0.335 e. The van der Waals surface area contributed by atoms with E-state index in [2.05, 4.69) is 4.98 Å². The zero-order valence-electron chi connectivity index (χ0n) is 12.0. The number of hydrogen-bond donors (Lipinski definition) is 1. The topological polar surface area (TPSA) is 53.2 Å². The molecule has 20 heavy (non-hydrogen) atoms. The number of carbonyl (C=O) groups excluding carboxylic acids is 1. The van der Waals surface area contributed by atoms with Crippen LogP contribution in [0.1, 0.15) is 54.6 Å². The van der Waals surface area contributed by atoms with Crippen molar-refractivity contribution in [3.8, 4) is 0 Å². The number of aryl methyl sites for hydroxylation is 1. The molecule has 1 aliphatic heterocycles. The number of aromatic amines is 1. The first-order valence-electron chi connectivity index (χ1n) is 7.68. The number of nitrogens with one attached hydrogen (secondary N) is 1. The molecule has 1 aromatic rings. The van der Waals surface area contributed by atoms with Crippen LogP contribution in [0.4, 0.5) is 0 Å². The van der Waals surface area contributed by atoms with Crippen LogP contribution < -0.4 is 5.56 Å². The van der Waals surface area contributed by atoms with E-state index in [9.17, 15) is 9.59 Å². The van der Waals surface area contributed by atoms with E-state index in [-0.39, 0.29) is 11.5 Å². The lowest BCUT2D eigenvalue weighted by Crippen LogP contribution is -2.50. The number of pyridine rings is 1. The Morgan fingerprint density at radius 3 is 2.75 bits per heavy atom. The molecule has 1 aliphatic carbocycles. The molecule has 1 amide bonds. The smallest absolute Gasteiger partial charge is 0.260 e. The second kappa shape index (κ2) is 5.43. The number of carbonyl (C=O) groups is 1. The summed E-state index contributed by atoms with van der Waals surface area (Å²) in [4.78, 5) is 29.4. The van der Waals surface area contributed by atoms with Gasteiger partial charge in [0.1, 0.15) is 5.56 Å². The van der Waals surface area contributed by atoms with Crippen LogP contribution >= 0.6 is 0 Å². The van der Waals surface area contributed by atoms with E-state index in [1.807, 2.05) is 11.8 Å². The average molecular weight is 274 g/mol. The van der Waals surface area contributed by atoms with Gasteiger partial charge in [0.15, 0.2) is 0 Å². The summed E-state index contributed by atoms with van der Waals surface area (Å²) < 4.78 is 0. The highest BCUT2D eigenvalue weighted by molar-refractivity contribution is 5.94. The van der Waals surface area contributed by atoms with Crippen LogP contribution in [0, 0.1) is 12.8 Å². The quantitative estimate of drug-likeness (QED) is 0.855. The zero-order valence-corrected chi connectivity index (χ0v) is 12.0. The van der Waals surface area contributed by atoms with Crippen LogP contribution in [-0.2, 0) is 0 Å². The van der Waals surface area contributed by atoms with Gasteiger partial charge in [-0.2, -0.15) is 0 Å². The van der Waals surface area contributed by atoms with Gasteiger partial charge in [-0.05, 0) is 50.7 Å². The van der Waals surface area contributed by atoms with E-state index >= 15 is 0 Å². The van der Waals surface area contributed by atoms with Crippen LogP contribution in [0.25, 0.3) is 0 Å². The Kier molecular flexibility index (Phi) is 3.64. The Bertz CT molecular complexity index is 562. The number of piperidine rings is 1. The zero-order chi connectivity index (χ0) is 14.1. The molecule has 0 radical (unpaired) electrons. The lowest BCUT2D eigenvalue weighted by Gasteiger charge is -2.44. The maximum atomic E-state index is 12.7. The van der Waals surface area contributed by atoms with Crippen molar-refractivity contribution >= 4 is 5.91 Å². The van der Waals surface area contributed by atoms with Crippen molar-refractivity contribution in [2.24, 2.45) is 5.92 Å². The maximum Gasteiger partial charge on any atom is 0.260 e. The van der Waals surface area contributed by atoms with Crippen molar-refractivity contribution in [2.45, 2.75) is 51.5 Å².